The maximum atomic E-state index is 12.6. The highest BCUT2D eigenvalue weighted by Gasteiger charge is 2.21. The summed E-state index contributed by atoms with van der Waals surface area (Å²) in [5.74, 6) is 1.33. The molecule has 0 fully saturated rings. The van der Waals surface area contributed by atoms with E-state index in [1.54, 1.807) is 43.5 Å². The number of sulfonamides is 1. The minimum atomic E-state index is -3.70. The number of rotatable bonds is 12. The Morgan fingerprint density at radius 2 is 1.64 bits per heavy atom. The molecule has 3 aromatic carbocycles. The van der Waals surface area contributed by atoms with Gasteiger partial charge in [0.15, 0.2) is 11.5 Å². The van der Waals surface area contributed by atoms with E-state index in [2.05, 4.69) is 5.32 Å². The fraction of sp³-hybridized carbons (Fsp3) is 0.296. The zero-order chi connectivity index (χ0) is 26.1. The lowest BCUT2D eigenvalue weighted by molar-refractivity contribution is -0.119. The molecule has 1 amide bonds. The van der Waals surface area contributed by atoms with E-state index in [1.165, 1.54) is 0 Å². The van der Waals surface area contributed by atoms with Crippen LogP contribution in [0.25, 0.3) is 0 Å². The van der Waals surface area contributed by atoms with Gasteiger partial charge < -0.3 is 19.5 Å². The van der Waals surface area contributed by atoms with Crippen molar-refractivity contribution in [3.8, 4) is 17.2 Å². The first-order valence-corrected chi connectivity index (χ1v) is 13.4. The first-order valence-electron chi connectivity index (χ1n) is 11.5. The van der Waals surface area contributed by atoms with E-state index >= 15 is 0 Å². The third-order valence-corrected chi connectivity index (χ3v) is 6.28. The van der Waals surface area contributed by atoms with Gasteiger partial charge in [0.05, 0.1) is 25.2 Å². The van der Waals surface area contributed by atoms with Crippen LogP contribution in [0.3, 0.4) is 0 Å². The molecule has 0 unspecified atom stereocenters. The Bertz CT molecular complexity index is 1250. The summed E-state index contributed by atoms with van der Waals surface area (Å²) < 4.78 is 42.8. The lowest BCUT2D eigenvalue weighted by Gasteiger charge is -2.22. The number of methoxy groups -OCH3 is 1. The quantitative estimate of drug-likeness (QED) is 0.392. The second kappa shape index (κ2) is 12.3. The fourth-order valence-electron chi connectivity index (χ4n) is 3.41. The first-order chi connectivity index (χ1) is 17.2. The van der Waals surface area contributed by atoms with Crippen LogP contribution in [0.1, 0.15) is 25.0 Å². The molecule has 1 N–H and O–H groups in total. The number of ether oxygens (including phenoxy) is 3. The molecule has 8 nitrogen and oxygen atoms in total. The van der Waals surface area contributed by atoms with Gasteiger partial charge in [0.25, 0.3) is 0 Å². The molecule has 0 spiro atoms. The van der Waals surface area contributed by atoms with Gasteiger partial charge in [-0.1, -0.05) is 36.4 Å². The molecule has 0 bridgehead atoms. The van der Waals surface area contributed by atoms with Crippen LogP contribution in [0.5, 0.6) is 17.2 Å². The van der Waals surface area contributed by atoms with Crippen molar-refractivity contribution in [3.05, 3.63) is 83.9 Å². The number of hydrogen-bond donors (Lipinski definition) is 1. The van der Waals surface area contributed by atoms with Crippen LogP contribution in [0.2, 0.25) is 0 Å². The zero-order valence-corrected chi connectivity index (χ0v) is 21.7. The largest absolute Gasteiger partial charge is 0.493 e. The first kappa shape index (κ1) is 26.9. The summed E-state index contributed by atoms with van der Waals surface area (Å²) in [4.78, 5) is 12.6. The van der Waals surface area contributed by atoms with E-state index in [1.807, 2.05) is 50.2 Å². The fourth-order valence-corrected chi connectivity index (χ4v) is 4.27. The number of carbonyl (C=O) groups is 1. The molecule has 0 aliphatic rings. The normalized spacial score (nSPS) is 11.1. The smallest absolute Gasteiger partial charge is 0.241 e. The predicted molar refractivity (Wildman–Crippen MR) is 140 cm³/mol. The van der Waals surface area contributed by atoms with Crippen molar-refractivity contribution >= 4 is 21.6 Å². The van der Waals surface area contributed by atoms with Crippen LogP contribution in [0.4, 0.5) is 5.69 Å². The minimum Gasteiger partial charge on any atom is -0.493 e. The number of amides is 1. The zero-order valence-electron chi connectivity index (χ0n) is 20.9. The summed E-state index contributed by atoms with van der Waals surface area (Å²) in [6.45, 7) is 4.10. The second-order valence-corrected chi connectivity index (χ2v) is 10.4. The van der Waals surface area contributed by atoms with Crippen molar-refractivity contribution in [3.63, 3.8) is 0 Å². The molecular formula is C27H32N2O6S. The summed E-state index contributed by atoms with van der Waals surface area (Å²) in [6.07, 6.45) is 1.06. The summed E-state index contributed by atoms with van der Waals surface area (Å²) in [7, 11) is -2.15. The molecule has 0 saturated heterocycles. The van der Waals surface area contributed by atoms with Gasteiger partial charge in [-0.3, -0.25) is 9.10 Å². The maximum Gasteiger partial charge on any atom is 0.241 e. The van der Waals surface area contributed by atoms with Crippen molar-refractivity contribution in [2.45, 2.75) is 33.1 Å². The topological polar surface area (TPSA) is 94.2 Å². The molecule has 0 radical (unpaired) electrons. The number of anilines is 1. The van der Waals surface area contributed by atoms with Crippen molar-refractivity contribution < 1.29 is 27.4 Å². The Labute approximate surface area is 212 Å². The Balaban J connectivity index is 1.62. The van der Waals surface area contributed by atoms with E-state index in [4.69, 9.17) is 14.2 Å². The number of benzene rings is 3. The molecule has 9 heteroatoms. The molecule has 3 rings (SSSR count). The highest BCUT2D eigenvalue weighted by molar-refractivity contribution is 7.92. The van der Waals surface area contributed by atoms with Crippen molar-refractivity contribution in [2.75, 3.05) is 24.2 Å². The standard InChI is InChI=1S/C27H32N2O6S/c1-20(2)35-25-15-10-22(16-26(25)33-3)17-28-27(30)18-29(36(4,31)32)23-11-13-24(14-12-23)34-19-21-8-6-5-7-9-21/h5-16,20H,17-19H2,1-4H3,(H,28,30). The van der Waals surface area contributed by atoms with Crippen LogP contribution in [0.15, 0.2) is 72.8 Å². The summed E-state index contributed by atoms with van der Waals surface area (Å²) in [5, 5.41) is 2.77. The summed E-state index contributed by atoms with van der Waals surface area (Å²) in [5.41, 5.74) is 2.19. The second-order valence-electron chi connectivity index (χ2n) is 8.47. The Morgan fingerprint density at radius 3 is 2.25 bits per heavy atom. The van der Waals surface area contributed by atoms with E-state index in [9.17, 15) is 13.2 Å². The highest BCUT2D eigenvalue weighted by atomic mass is 32.2. The van der Waals surface area contributed by atoms with E-state index in [0.29, 0.717) is 29.5 Å². The van der Waals surface area contributed by atoms with E-state index in [-0.39, 0.29) is 19.2 Å². The van der Waals surface area contributed by atoms with Gasteiger partial charge in [0.2, 0.25) is 15.9 Å². The van der Waals surface area contributed by atoms with Crippen LogP contribution < -0.4 is 23.8 Å². The lowest BCUT2D eigenvalue weighted by Crippen LogP contribution is -2.40. The van der Waals surface area contributed by atoms with Crippen LogP contribution >= 0.6 is 0 Å². The Kier molecular flexibility index (Phi) is 9.19. The van der Waals surface area contributed by atoms with Crippen LogP contribution in [-0.2, 0) is 28.0 Å². The molecule has 0 aliphatic carbocycles. The molecule has 36 heavy (non-hydrogen) atoms. The van der Waals surface area contributed by atoms with Crippen LogP contribution in [0, 0.1) is 0 Å². The number of nitrogens with one attached hydrogen (secondary N) is 1. The molecule has 0 atom stereocenters. The minimum absolute atomic E-state index is 0.00378. The predicted octanol–water partition coefficient (Wildman–Crippen LogP) is 4.14. The average Bonchev–Trinajstić information content (AvgIpc) is 2.85. The number of nitrogens with zero attached hydrogens (tertiary/aromatic N) is 1. The van der Waals surface area contributed by atoms with Crippen molar-refractivity contribution in [2.24, 2.45) is 0 Å². The van der Waals surface area contributed by atoms with E-state index in [0.717, 1.165) is 21.7 Å². The van der Waals surface area contributed by atoms with Gasteiger partial charge in [0, 0.05) is 6.54 Å². The molecule has 0 aromatic heterocycles. The molecular weight excluding hydrogens is 480 g/mol. The summed E-state index contributed by atoms with van der Waals surface area (Å²) >= 11 is 0. The monoisotopic (exact) mass is 512 g/mol. The van der Waals surface area contributed by atoms with Gasteiger partial charge in [0.1, 0.15) is 18.9 Å². The van der Waals surface area contributed by atoms with E-state index < -0.39 is 15.9 Å². The molecule has 0 heterocycles. The van der Waals surface area contributed by atoms with Crippen molar-refractivity contribution in [1.29, 1.82) is 0 Å². The Morgan fingerprint density at radius 1 is 0.944 bits per heavy atom. The third kappa shape index (κ3) is 7.91. The maximum absolute atomic E-state index is 12.6. The average molecular weight is 513 g/mol. The van der Waals surface area contributed by atoms with Gasteiger partial charge in [-0.2, -0.15) is 0 Å². The molecule has 3 aromatic rings. The molecule has 192 valence electrons. The lowest BCUT2D eigenvalue weighted by atomic mass is 10.2. The third-order valence-electron chi connectivity index (χ3n) is 5.14. The van der Waals surface area contributed by atoms with Gasteiger partial charge in [-0.15, -0.1) is 0 Å². The Hall–Kier alpha value is -3.72. The molecule has 0 aliphatic heterocycles. The number of carbonyl (C=O) groups excluding carboxylic acids is 1. The van der Waals surface area contributed by atoms with Gasteiger partial charge >= 0.3 is 0 Å². The summed E-state index contributed by atoms with van der Waals surface area (Å²) in [6, 6.07) is 21.7. The molecule has 0 saturated carbocycles. The van der Waals surface area contributed by atoms with Crippen LogP contribution in [-0.4, -0.2) is 40.3 Å². The van der Waals surface area contributed by atoms with Gasteiger partial charge in [-0.05, 0) is 61.4 Å². The SMILES string of the molecule is COc1cc(CNC(=O)CN(c2ccc(OCc3ccccc3)cc2)S(C)(=O)=O)ccc1OC(C)C. The van der Waals surface area contributed by atoms with Crippen molar-refractivity contribution in [1.82, 2.24) is 5.32 Å². The number of hydrogen-bond acceptors (Lipinski definition) is 6. The van der Waals surface area contributed by atoms with Gasteiger partial charge in [-0.25, -0.2) is 8.42 Å². The highest BCUT2D eigenvalue weighted by Crippen LogP contribution is 2.29.